The molecule has 0 saturated carbocycles. The van der Waals surface area contributed by atoms with Crippen LogP contribution in [0.5, 0.6) is 0 Å². The quantitative estimate of drug-likeness (QED) is 0.830. The fourth-order valence-electron chi connectivity index (χ4n) is 2.01. The predicted molar refractivity (Wildman–Crippen MR) is 68.0 cm³/mol. The minimum absolute atomic E-state index is 0.149. The van der Waals surface area contributed by atoms with Gasteiger partial charge in [-0.2, -0.15) is 0 Å². The van der Waals surface area contributed by atoms with E-state index in [0.717, 1.165) is 13.2 Å². The number of hydrogen-bond acceptors (Lipinski definition) is 4. The number of halogens is 1. The molecule has 1 aliphatic heterocycles. The second-order valence-electron chi connectivity index (χ2n) is 4.37. The number of carbonyl (C=O) groups excluding carboxylic acids is 3. The number of benzene rings is 1. The maximum absolute atomic E-state index is 13.7. The van der Waals surface area contributed by atoms with Crippen LogP contribution in [0.15, 0.2) is 12.1 Å². The first-order valence-electron chi connectivity index (χ1n) is 5.94. The van der Waals surface area contributed by atoms with Crippen LogP contribution in [0.4, 0.5) is 14.9 Å². The third kappa shape index (κ3) is 2.47. The van der Waals surface area contributed by atoms with Crippen molar-refractivity contribution < 1.29 is 23.5 Å². The molecule has 106 valence electrons. The molecule has 1 N–H and O–H groups in total. The molecule has 1 saturated heterocycles. The number of anilines is 1. The average Bonchev–Trinajstić information content (AvgIpc) is 2.39. The van der Waals surface area contributed by atoms with Crippen LogP contribution >= 0.6 is 0 Å². The van der Waals surface area contributed by atoms with E-state index < -0.39 is 17.8 Å². The van der Waals surface area contributed by atoms with Gasteiger partial charge in [-0.1, -0.05) is 0 Å². The van der Waals surface area contributed by atoms with Crippen molar-refractivity contribution in [1.82, 2.24) is 5.32 Å². The van der Waals surface area contributed by atoms with Gasteiger partial charge < -0.3 is 4.74 Å². The Morgan fingerprint density at radius 1 is 1.40 bits per heavy atom. The molecule has 0 bridgehead atoms. The van der Waals surface area contributed by atoms with Crippen LogP contribution in [-0.2, 0) is 9.53 Å². The number of aryl methyl sites for hydroxylation is 1. The van der Waals surface area contributed by atoms with E-state index in [4.69, 9.17) is 0 Å². The summed E-state index contributed by atoms with van der Waals surface area (Å²) in [6.45, 7) is 1.79. The molecule has 1 aromatic rings. The second-order valence-corrected chi connectivity index (χ2v) is 4.37. The maximum Gasteiger partial charge on any atom is 0.340 e. The van der Waals surface area contributed by atoms with Gasteiger partial charge in [0.1, 0.15) is 5.82 Å². The molecule has 3 amide bonds. The summed E-state index contributed by atoms with van der Waals surface area (Å²) in [6, 6.07) is 1.82. The van der Waals surface area contributed by atoms with Crippen molar-refractivity contribution in [1.29, 1.82) is 0 Å². The second kappa shape index (κ2) is 5.28. The minimum atomic E-state index is -0.822. The number of esters is 1. The number of hydrogen-bond donors (Lipinski definition) is 1. The van der Waals surface area contributed by atoms with Gasteiger partial charge >= 0.3 is 12.0 Å². The fraction of sp³-hybridized carbons (Fsp3) is 0.308. The highest BCUT2D eigenvalue weighted by molar-refractivity contribution is 6.06. The van der Waals surface area contributed by atoms with Crippen LogP contribution < -0.4 is 10.2 Å². The molecule has 20 heavy (non-hydrogen) atoms. The van der Waals surface area contributed by atoms with Gasteiger partial charge in [0, 0.05) is 18.7 Å². The number of methoxy groups -OCH3 is 1. The van der Waals surface area contributed by atoms with E-state index in [9.17, 15) is 18.8 Å². The standard InChI is InChI=1S/C13H13FN2O4/c1-7-5-9(14)8(12(18)20-2)6-10(7)16-4-3-11(17)15-13(16)19/h5-6H,3-4H2,1-2H3,(H,15,17,19). The van der Waals surface area contributed by atoms with Crippen molar-refractivity contribution in [2.45, 2.75) is 13.3 Å². The molecule has 0 radical (unpaired) electrons. The number of imide groups is 1. The SMILES string of the molecule is COC(=O)c1cc(N2CCC(=O)NC2=O)c(C)cc1F. The van der Waals surface area contributed by atoms with Crippen molar-refractivity contribution >= 4 is 23.6 Å². The normalized spacial score (nSPS) is 15.1. The summed E-state index contributed by atoms with van der Waals surface area (Å²) in [5.74, 6) is -1.90. The van der Waals surface area contributed by atoms with E-state index in [0.29, 0.717) is 11.3 Å². The molecule has 0 spiro atoms. The van der Waals surface area contributed by atoms with Crippen molar-refractivity contribution in [3.05, 3.63) is 29.1 Å². The maximum atomic E-state index is 13.7. The molecule has 0 unspecified atom stereocenters. The van der Waals surface area contributed by atoms with E-state index in [1.807, 2.05) is 0 Å². The third-order valence-corrected chi connectivity index (χ3v) is 3.04. The lowest BCUT2D eigenvalue weighted by molar-refractivity contribution is -0.120. The Labute approximate surface area is 114 Å². The number of amides is 3. The Balaban J connectivity index is 2.43. The number of ether oxygens (including phenoxy) is 1. The highest BCUT2D eigenvalue weighted by Crippen LogP contribution is 2.26. The number of rotatable bonds is 2. The summed E-state index contributed by atoms with van der Waals surface area (Å²) >= 11 is 0. The highest BCUT2D eigenvalue weighted by Gasteiger charge is 2.27. The van der Waals surface area contributed by atoms with Crippen molar-refractivity contribution in [2.24, 2.45) is 0 Å². The van der Waals surface area contributed by atoms with E-state index in [1.54, 1.807) is 6.92 Å². The summed E-state index contributed by atoms with van der Waals surface area (Å²) in [5, 5.41) is 2.17. The van der Waals surface area contributed by atoms with Gasteiger partial charge in [0.05, 0.1) is 12.7 Å². The zero-order valence-electron chi connectivity index (χ0n) is 11.0. The zero-order valence-corrected chi connectivity index (χ0v) is 11.0. The molecule has 0 atom stereocenters. The molecule has 6 nitrogen and oxygen atoms in total. The minimum Gasteiger partial charge on any atom is -0.465 e. The lowest BCUT2D eigenvalue weighted by Gasteiger charge is -2.28. The summed E-state index contributed by atoms with van der Waals surface area (Å²) in [4.78, 5) is 35.7. The number of nitrogens with one attached hydrogen (secondary N) is 1. The topological polar surface area (TPSA) is 75.7 Å². The largest absolute Gasteiger partial charge is 0.465 e. The van der Waals surface area contributed by atoms with Gasteiger partial charge in [-0.25, -0.2) is 14.0 Å². The Morgan fingerprint density at radius 2 is 2.10 bits per heavy atom. The Kier molecular flexibility index (Phi) is 3.69. The molecular formula is C13H13FN2O4. The van der Waals surface area contributed by atoms with E-state index in [2.05, 4.69) is 10.1 Å². The summed E-state index contributed by atoms with van der Waals surface area (Å²) < 4.78 is 18.2. The summed E-state index contributed by atoms with van der Waals surface area (Å²) in [5.41, 5.74) is 0.606. The lowest BCUT2D eigenvalue weighted by Crippen LogP contribution is -2.49. The van der Waals surface area contributed by atoms with Gasteiger partial charge in [-0.05, 0) is 24.6 Å². The average molecular weight is 280 g/mol. The molecule has 1 aromatic carbocycles. The Morgan fingerprint density at radius 3 is 2.70 bits per heavy atom. The Hall–Kier alpha value is -2.44. The molecule has 1 heterocycles. The van der Waals surface area contributed by atoms with Gasteiger partial charge in [-0.15, -0.1) is 0 Å². The van der Waals surface area contributed by atoms with E-state index in [-0.39, 0.29) is 24.4 Å². The first-order valence-corrected chi connectivity index (χ1v) is 5.94. The van der Waals surface area contributed by atoms with E-state index >= 15 is 0 Å². The van der Waals surface area contributed by atoms with Gasteiger partial charge in [-0.3, -0.25) is 15.0 Å². The van der Waals surface area contributed by atoms with Gasteiger partial charge in [0.2, 0.25) is 5.91 Å². The van der Waals surface area contributed by atoms with Crippen LogP contribution in [0.1, 0.15) is 22.3 Å². The molecule has 1 aliphatic rings. The summed E-state index contributed by atoms with van der Waals surface area (Å²) in [6.07, 6.45) is 0.149. The molecular weight excluding hydrogens is 267 g/mol. The molecule has 2 rings (SSSR count). The van der Waals surface area contributed by atoms with Crippen molar-refractivity contribution in [3.63, 3.8) is 0 Å². The van der Waals surface area contributed by atoms with Crippen LogP contribution in [0.2, 0.25) is 0 Å². The molecule has 7 heteroatoms. The van der Waals surface area contributed by atoms with Crippen LogP contribution in [0.25, 0.3) is 0 Å². The smallest absolute Gasteiger partial charge is 0.340 e. The van der Waals surface area contributed by atoms with Crippen molar-refractivity contribution in [2.75, 3.05) is 18.6 Å². The first-order chi connectivity index (χ1) is 9.43. The highest BCUT2D eigenvalue weighted by atomic mass is 19.1. The molecule has 1 fully saturated rings. The monoisotopic (exact) mass is 280 g/mol. The molecule has 0 aliphatic carbocycles. The summed E-state index contributed by atoms with van der Waals surface area (Å²) in [7, 11) is 1.15. The van der Waals surface area contributed by atoms with Gasteiger partial charge in [0.15, 0.2) is 0 Å². The van der Waals surface area contributed by atoms with Crippen molar-refractivity contribution in [3.8, 4) is 0 Å². The third-order valence-electron chi connectivity index (χ3n) is 3.04. The zero-order chi connectivity index (χ0) is 14.9. The van der Waals surface area contributed by atoms with Gasteiger partial charge in [0.25, 0.3) is 0 Å². The molecule has 0 aromatic heterocycles. The van der Waals surface area contributed by atoms with Crippen LogP contribution in [0, 0.1) is 12.7 Å². The number of urea groups is 1. The predicted octanol–water partition coefficient (Wildman–Crippen LogP) is 1.37. The number of carbonyl (C=O) groups is 3. The van der Waals surface area contributed by atoms with Crippen LogP contribution in [0.3, 0.4) is 0 Å². The first kappa shape index (κ1) is 14.0. The number of nitrogens with zero attached hydrogens (tertiary/aromatic N) is 1. The Bertz CT molecular complexity index is 600. The fourth-order valence-corrected chi connectivity index (χ4v) is 2.01. The van der Waals surface area contributed by atoms with Crippen LogP contribution in [-0.4, -0.2) is 31.6 Å². The lowest BCUT2D eigenvalue weighted by atomic mass is 10.1. The van der Waals surface area contributed by atoms with E-state index in [1.165, 1.54) is 11.0 Å².